The number of carbonyl (C=O) groups excluding carboxylic acids is 2. The van der Waals surface area contributed by atoms with Crippen molar-refractivity contribution >= 4 is 11.6 Å². The number of Topliss-reactive ketones (excluding diaryl/α,β-unsaturated/α-hetero) is 2. The van der Waals surface area contributed by atoms with Crippen LogP contribution in [0.15, 0.2) is 36.9 Å². The van der Waals surface area contributed by atoms with E-state index in [2.05, 4.69) is 6.58 Å². The molecule has 0 spiro atoms. The third-order valence-electron chi connectivity index (χ3n) is 1.95. The Bertz CT molecular complexity index is 390. The lowest BCUT2D eigenvalue weighted by Crippen LogP contribution is -2.04. The molecule has 0 saturated carbocycles. The van der Waals surface area contributed by atoms with E-state index in [1.165, 1.54) is 6.92 Å². The van der Waals surface area contributed by atoms with E-state index in [4.69, 9.17) is 4.74 Å². The van der Waals surface area contributed by atoms with Crippen LogP contribution in [0, 0.1) is 0 Å². The lowest BCUT2D eigenvalue weighted by molar-refractivity contribution is -0.116. The van der Waals surface area contributed by atoms with E-state index < -0.39 is 0 Å². The molecule has 0 aromatic heterocycles. The number of benzene rings is 1. The van der Waals surface area contributed by atoms with Gasteiger partial charge in [0.1, 0.15) is 18.1 Å². The van der Waals surface area contributed by atoms with Crippen LogP contribution in [0.5, 0.6) is 5.75 Å². The van der Waals surface area contributed by atoms with Crippen molar-refractivity contribution < 1.29 is 14.3 Å². The molecule has 3 heteroatoms. The van der Waals surface area contributed by atoms with Gasteiger partial charge in [-0.15, -0.1) is 0 Å². The Kier molecular flexibility index (Phi) is 4.45. The van der Waals surface area contributed by atoms with Gasteiger partial charge in [-0.05, 0) is 31.2 Å². The average Bonchev–Trinajstić information content (AvgIpc) is 2.26. The molecule has 0 saturated heterocycles. The molecule has 3 nitrogen and oxygen atoms in total. The smallest absolute Gasteiger partial charge is 0.170 e. The van der Waals surface area contributed by atoms with E-state index in [0.29, 0.717) is 17.9 Å². The molecule has 0 aliphatic carbocycles. The zero-order chi connectivity index (χ0) is 12.0. The maximum atomic E-state index is 11.5. The zero-order valence-electron chi connectivity index (χ0n) is 9.23. The molecule has 84 valence electrons. The van der Waals surface area contributed by atoms with E-state index in [0.717, 1.165) is 0 Å². The maximum absolute atomic E-state index is 11.5. The Morgan fingerprint density at radius 1 is 1.31 bits per heavy atom. The molecule has 1 aromatic carbocycles. The van der Waals surface area contributed by atoms with Crippen LogP contribution in [0.2, 0.25) is 0 Å². The van der Waals surface area contributed by atoms with Crippen molar-refractivity contribution in [2.24, 2.45) is 0 Å². The van der Waals surface area contributed by atoms with Gasteiger partial charge in [-0.25, -0.2) is 0 Å². The lowest BCUT2D eigenvalue weighted by atomic mass is 10.1. The minimum absolute atomic E-state index is 0.0487. The third-order valence-corrected chi connectivity index (χ3v) is 1.95. The van der Waals surface area contributed by atoms with Crippen LogP contribution in [-0.4, -0.2) is 18.2 Å². The Morgan fingerprint density at radius 2 is 1.94 bits per heavy atom. The summed E-state index contributed by atoms with van der Waals surface area (Å²) in [7, 11) is 0. The normalized spacial score (nSPS) is 9.56. The van der Waals surface area contributed by atoms with Crippen molar-refractivity contribution in [3.63, 3.8) is 0 Å². The Balaban J connectivity index is 2.66. The van der Waals surface area contributed by atoms with Gasteiger partial charge >= 0.3 is 0 Å². The highest BCUT2D eigenvalue weighted by Crippen LogP contribution is 2.13. The van der Waals surface area contributed by atoms with E-state index in [-0.39, 0.29) is 18.0 Å². The number of rotatable bonds is 6. The summed E-state index contributed by atoms with van der Waals surface area (Å²) < 4.78 is 5.27. The van der Waals surface area contributed by atoms with Gasteiger partial charge in [0.25, 0.3) is 0 Å². The summed E-state index contributed by atoms with van der Waals surface area (Å²) in [6.45, 7) is 5.37. The summed E-state index contributed by atoms with van der Waals surface area (Å²) in [5, 5.41) is 0. The molecule has 0 aliphatic heterocycles. The molecule has 0 fully saturated rings. The van der Waals surface area contributed by atoms with Crippen molar-refractivity contribution in [2.45, 2.75) is 13.3 Å². The minimum atomic E-state index is -0.164. The second-order valence-electron chi connectivity index (χ2n) is 3.43. The van der Waals surface area contributed by atoms with Crippen LogP contribution in [0.3, 0.4) is 0 Å². The Morgan fingerprint density at radius 3 is 2.44 bits per heavy atom. The first-order chi connectivity index (χ1) is 7.63. The predicted octanol–water partition coefficient (Wildman–Crippen LogP) is 2.41. The summed E-state index contributed by atoms with van der Waals surface area (Å²) in [5.74, 6) is 0.388. The molecule has 0 bridgehead atoms. The SMILES string of the molecule is C=CCOc1ccc(C(=O)CC(C)=O)cc1. The van der Waals surface area contributed by atoms with Gasteiger partial charge in [0.2, 0.25) is 0 Å². The summed E-state index contributed by atoms with van der Waals surface area (Å²) in [6, 6.07) is 6.72. The van der Waals surface area contributed by atoms with Crippen molar-refractivity contribution in [1.82, 2.24) is 0 Å². The average molecular weight is 218 g/mol. The van der Waals surface area contributed by atoms with Gasteiger partial charge < -0.3 is 4.74 Å². The van der Waals surface area contributed by atoms with E-state index in [1.54, 1.807) is 30.3 Å². The number of hydrogen-bond donors (Lipinski definition) is 0. The fraction of sp³-hybridized carbons (Fsp3) is 0.231. The molecule has 0 N–H and O–H groups in total. The van der Waals surface area contributed by atoms with Gasteiger partial charge in [0.15, 0.2) is 5.78 Å². The zero-order valence-corrected chi connectivity index (χ0v) is 9.23. The van der Waals surface area contributed by atoms with E-state index in [1.807, 2.05) is 0 Å². The Hall–Kier alpha value is -1.90. The number of ketones is 2. The number of ether oxygens (including phenoxy) is 1. The summed E-state index contributed by atoms with van der Waals surface area (Å²) in [4.78, 5) is 22.3. The van der Waals surface area contributed by atoms with Crippen LogP contribution in [0.1, 0.15) is 23.7 Å². The van der Waals surface area contributed by atoms with Crippen LogP contribution >= 0.6 is 0 Å². The summed E-state index contributed by atoms with van der Waals surface area (Å²) >= 11 is 0. The standard InChI is InChI=1S/C13H14O3/c1-3-8-16-12-6-4-11(5-7-12)13(15)9-10(2)14/h3-7H,1,8-9H2,2H3. The molecule has 0 atom stereocenters. The van der Waals surface area contributed by atoms with E-state index >= 15 is 0 Å². The number of carbonyl (C=O) groups is 2. The molecule has 0 aliphatic rings. The van der Waals surface area contributed by atoms with Gasteiger partial charge in [0, 0.05) is 5.56 Å². The fourth-order valence-corrected chi connectivity index (χ4v) is 1.22. The summed E-state index contributed by atoms with van der Waals surface area (Å²) in [6.07, 6.45) is 1.60. The van der Waals surface area contributed by atoms with Gasteiger partial charge in [-0.1, -0.05) is 12.7 Å². The molecule has 16 heavy (non-hydrogen) atoms. The molecule has 0 amide bonds. The van der Waals surface area contributed by atoms with Crippen molar-refractivity contribution in [1.29, 1.82) is 0 Å². The summed E-state index contributed by atoms with van der Waals surface area (Å²) in [5.41, 5.74) is 0.529. The second kappa shape index (κ2) is 5.85. The number of hydrogen-bond acceptors (Lipinski definition) is 3. The van der Waals surface area contributed by atoms with Crippen molar-refractivity contribution in [2.75, 3.05) is 6.61 Å². The molecular formula is C13H14O3. The van der Waals surface area contributed by atoms with Gasteiger partial charge in [-0.3, -0.25) is 9.59 Å². The highest BCUT2D eigenvalue weighted by Gasteiger charge is 2.08. The maximum Gasteiger partial charge on any atom is 0.170 e. The topological polar surface area (TPSA) is 43.4 Å². The van der Waals surface area contributed by atoms with E-state index in [9.17, 15) is 9.59 Å². The molecule has 1 aromatic rings. The highest BCUT2D eigenvalue weighted by atomic mass is 16.5. The predicted molar refractivity (Wildman–Crippen MR) is 61.8 cm³/mol. The monoisotopic (exact) mass is 218 g/mol. The molecule has 1 rings (SSSR count). The Labute approximate surface area is 94.7 Å². The third kappa shape index (κ3) is 3.69. The minimum Gasteiger partial charge on any atom is -0.490 e. The van der Waals surface area contributed by atoms with Crippen LogP contribution in [-0.2, 0) is 4.79 Å². The first kappa shape index (κ1) is 12.2. The second-order valence-corrected chi connectivity index (χ2v) is 3.43. The highest BCUT2D eigenvalue weighted by molar-refractivity contribution is 6.07. The van der Waals surface area contributed by atoms with Gasteiger partial charge in [0.05, 0.1) is 6.42 Å². The lowest BCUT2D eigenvalue weighted by Gasteiger charge is -2.03. The first-order valence-corrected chi connectivity index (χ1v) is 5.00. The van der Waals surface area contributed by atoms with Crippen LogP contribution < -0.4 is 4.74 Å². The first-order valence-electron chi connectivity index (χ1n) is 5.00. The van der Waals surface area contributed by atoms with Crippen molar-refractivity contribution in [3.05, 3.63) is 42.5 Å². The quantitative estimate of drug-likeness (QED) is 0.418. The fourth-order valence-electron chi connectivity index (χ4n) is 1.22. The van der Waals surface area contributed by atoms with Crippen molar-refractivity contribution in [3.8, 4) is 5.75 Å². The largest absolute Gasteiger partial charge is 0.490 e. The van der Waals surface area contributed by atoms with Gasteiger partial charge in [-0.2, -0.15) is 0 Å². The molecular weight excluding hydrogens is 204 g/mol. The molecule has 0 heterocycles. The van der Waals surface area contributed by atoms with Crippen LogP contribution in [0.25, 0.3) is 0 Å². The van der Waals surface area contributed by atoms with Crippen LogP contribution in [0.4, 0.5) is 0 Å². The molecule has 0 radical (unpaired) electrons. The molecule has 0 unspecified atom stereocenters.